The van der Waals surface area contributed by atoms with Gasteiger partial charge in [0.2, 0.25) is 0 Å². The molecule has 0 aromatic carbocycles. The SMILES string of the molecule is FC(F)(F)CCCCCCCCCCCCCCCCOCC1CCCO1. The van der Waals surface area contributed by atoms with Crippen molar-refractivity contribution in [1.82, 2.24) is 0 Å². The Morgan fingerprint density at radius 2 is 1.19 bits per heavy atom. The highest BCUT2D eigenvalue weighted by Gasteiger charge is 2.25. The average Bonchev–Trinajstić information content (AvgIpc) is 3.13. The average molecular weight is 395 g/mol. The van der Waals surface area contributed by atoms with E-state index in [1.165, 1.54) is 64.2 Å². The highest BCUT2D eigenvalue weighted by atomic mass is 19.4. The smallest absolute Gasteiger partial charge is 0.379 e. The van der Waals surface area contributed by atoms with Gasteiger partial charge in [-0.2, -0.15) is 13.2 Å². The van der Waals surface area contributed by atoms with Gasteiger partial charge in [0.15, 0.2) is 0 Å². The molecule has 27 heavy (non-hydrogen) atoms. The van der Waals surface area contributed by atoms with Crippen LogP contribution in [0.2, 0.25) is 0 Å². The summed E-state index contributed by atoms with van der Waals surface area (Å²) >= 11 is 0. The first-order chi connectivity index (χ1) is 13.1. The Morgan fingerprint density at radius 3 is 1.63 bits per heavy atom. The van der Waals surface area contributed by atoms with E-state index >= 15 is 0 Å². The Bertz CT molecular complexity index is 315. The van der Waals surface area contributed by atoms with Crippen molar-refractivity contribution in [2.45, 2.75) is 121 Å². The first kappa shape index (κ1) is 24.7. The molecule has 0 N–H and O–H groups in total. The van der Waals surface area contributed by atoms with E-state index < -0.39 is 12.6 Å². The minimum absolute atomic E-state index is 0.296. The molecule has 1 aliphatic rings. The molecule has 0 aromatic heterocycles. The quantitative estimate of drug-likeness (QED) is 0.223. The van der Waals surface area contributed by atoms with E-state index in [-0.39, 0.29) is 0 Å². The second-order valence-corrected chi connectivity index (χ2v) is 8.02. The van der Waals surface area contributed by atoms with Crippen LogP contribution in [-0.4, -0.2) is 32.1 Å². The van der Waals surface area contributed by atoms with E-state index in [1.807, 2.05) is 0 Å². The van der Waals surface area contributed by atoms with Crippen LogP contribution in [0.1, 0.15) is 109 Å². The molecule has 1 saturated heterocycles. The predicted molar refractivity (Wildman–Crippen MR) is 105 cm³/mol. The van der Waals surface area contributed by atoms with E-state index in [9.17, 15) is 13.2 Å². The molecule has 1 heterocycles. The van der Waals surface area contributed by atoms with Gasteiger partial charge in [0.1, 0.15) is 0 Å². The third-order valence-electron chi connectivity index (χ3n) is 5.33. The van der Waals surface area contributed by atoms with Crippen molar-refractivity contribution in [2.24, 2.45) is 0 Å². The fourth-order valence-electron chi connectivity index (χ4n) is 3.64. The Kier molecular flexibility index (Phi) is 15.3. The van der Waals surface area contributed by atoms with Crippen LogP contribution in [0.3, 0.4) is 0 Å². The molecule has 1 rings (SSSR count). The molecular formula is C22H41F3O2. The van der Waals surface area contributed by atoms with Gasteiger partial charge in [0, 0.05) is 19.6 Å². The van der Waals surface area contributed by atoms with E-state index in [2.05, 4.69) is 0 Å². The fourth-order valence-corrected chi connectivity index (χ4v) is 3.64. The van der Waals surface area contributed by atoms with Crippen LogP contribution >= 0.6 is 0 Å². The molecule has 0 aromatic rings. The van der Waals surface area contributed by atoms with Crippen LogP contribution < -0.4 is 0 Å². The normalized spacial score (nSPS) is 17.7. The molecule has 1 aliphatic heterocycles. The largest absolute Gasteiger partial charge is 0.389 e. The molecule has 0 radical (unpaired) electrons. The second kappa shape index (κ2) is 16.6. The number of alkyl halides is 3. The van der Waals surface area contributed by atoms with Gasteiger partial charge in [-0.05, 0) is 25.7 Å². The van der Waals surface area contributed by atoms with E-state index in [4.69, 9.17) is 9.47 Å². The third kappa shape index (κ3) is 17.5. The zero-order valence-electron chi connectivity index (χ0n) is 17.2. The molecule has 0 aliphatic carbocycles. The highest BCUT2D eigenvalue weighted by Crippen LogP contribution is 2.23. The van der Waals surface area contributed by atoms with Crippen molar-refractivity contribution >= 4 is 0 Å². The summed E-state index contributed by atoms with van der Waals surface area (Å²) in [6, 6.07) is 0. The molecule has 0 bridgehead atoms. The summed E-state index contributed by atoms with van der Waals surface area (Å²) < 4.78 is 47.2. The number of hydrogen-bond acceptors (Lipinski definition) is 2. The van der Waals surface area contributed by atoms with E-state index in [1.54, 1.807) is 0 Å². The monoisotopic (exact) mass is 394 g/mol. The Morgan fingerprint density at radius 1 is 0.704 bits per heavy atom. The summed E-state index contributed by atoms with van der Waals surface area (Å²) in [4.78, 5) is 0. The van der Waals surface area contributed by atoms with Crippen LogP contribution in [-0.2, 0) is 9.47 Å². The lowest BCUT2D eigenvalue weighted by Gasteiger charge is -2.09. The summed E-state index contributed by atoms with van der Waals surface area (Å²) in [6.07, 6.45) is 13.9. The first-order valence-electron chi connectivity index (χ1n) is 11.3. The third-order valence-corrected chi connectivity index (χ3v) is 5.33. The van der Waals surface area contributed by atoms with Gasteiger partial charge >= 0.3 is 6.18 Å². The van der Waals surface area contributed by atoms with Gasteiger partial charge in [-0.3, -0.25) is 0 Å². The van der Waals surface area contributed by atoms with Crippen LogP contribution in [0.4, 0.5) is 13.2 Å². The molecule has 1 unspecified atom stereocenters. The second-order valence-electron chi connectivity index (χ2n) is 8.02. The Balaban J connectivity index is 1.65. The van der Waals surface area contributed by atoms with Gasteiger partial charge in [-0.1, -0.05) is 77.0 Å². The maximum absolute atomic E-state index is 12.0. The highest BCUT2D eigenvalue weighted by molar-refractivity contribution is 4.63. The van der Waals surface area contributed by atoms with Crippen molar-refractivity contribution < 1.29 is 22.6 Å². The number of unbranched alkanes of at least 4 members (excludes halogenated alkanes) is 13. The maximum atomic E-state index is 12.0. The van der Waals surface area contributed by atoms with Crippen molar-refractivity contribution in [3.05, 3.63) is 0 Å². The molecular weight excluding hydrogens is 353 g/mol. The zero-order chi connectivity index (χ0) is 19.6. The van der Waals surface area contributed by atoms with Gasteiger partial charge in [0.25, 0.3) is 0 Å². The lowest BCUT2D eigenvalue weighted by Crippen LogP contribution is -2.14. The maximum Gasteiger partial charge on any atom is 0.389 e. The van der Waals surface area contributed by atoms with Crippen LogP contribution in [0.25, 0.3) is 0 Å². The minimum atomic E-state index is -3.97. The van der Waals surface area contributed by atoms with Crippen molar-refractivity contribution in [2.75, 3.05) is 19.8 Å². The van der Waals surface area contributed by atoms with Gasteiger partial charge in [0.05, 0.1) is 12.7 Å². The number of halogens is 3. The molecule has 0 amide bonds. The Hall–Kier alpha value is -0.290. The van der Waals surface area contributed by atoms with E-state index in [0.717, 1.165) is 51.9 Å². The number of rotatable bonds is 18. The van der Waals surface area contributed by atoms with Crippen LogP contribution in [0, 0.1) is 0 Å². The van der Waals surface area contributed by atoms with Crippen LogP contribution in [0.15, 0.2) is 0 Å². The van der Waals surface area contributed by atoms with Crippen molar-refractivity contribution in [1.29, 1.82) is 0 Å². The van der Waals surface area contributed by atoms with Crippen molar-refractivity contribution in [3.63, 3.8) is 0 Å². The number of ether oxygens (including phenoxy) is 2. The zero-order valence-corrected chi connectivity index (χ0v) is 17.2. The van der Waals surface area contributed by atoms with E-state index in [0.29, 0.717) is 12.5 Å². The summed E-state index contributed by atoms with van der Waals surface area (Å²) in [5.41, 5.74) is 0. The summed E-state index contributed by atoms with van der Waals surface area (Å²) in [6.45, 7) is 2.54. The minimum Gasteiger partial charge on any atom is -0.379 e. The van der Waals surface area contributed by atoms with Crippen molar-refractivity contribution in [3.8, 4) is 0 Å². The lowest BCUT2D eigenvalue weighted by atomic mass is 10.0. The molecule has 1 fully saturated rings. The molecule has 162 valence electrons. The standard InChI is InChI=1S/C22H41F3O2/c23-22(24,25)17-13-11-9-7-5-3-1-2-4-6-8-10-12-14-18-26-20-21-16-15-19-27-21/h21H,1-20H2. The first-order valence-corrected chi connectivity index (χ1v) is 11.3. The summed E-state index contributed by atoms with van der Waals surface area (Å²) in [5, 5.41) is 0. The van der Waals surface area contributed by atoms with Gasteiger partial charge in [-0.25, -0.2) is 0 Å². The molecule has 0 saturated carbocycles. The summed E-state index contributed by atoms with van der Waals surface area (Å²) in [7, 11) is 0. The summed E-state index contributed by atoms with van der Waals surface area (Å²) in [5.74, 6) is 0. The molecule has 5 heteroatoms. The fraction of sp³-hybridized carbons (Fsp3) is 1.00. The van der Waals surface area contributed by atoms with Crippen LogP contribution in [0.5, 0.6) is 0 Å². The molecule has 2 nitrogen and oxygen atoms in total. The Labute approximate surface area is 164 Å². The molecule has 1 atom stereocenters. The topological polar surface area (TPSA) is 18.5 Å². The number of hydrogen-bond donors (Lipinski definition) is 0. The van der Waals surface area contributed by atoms with Gasteiger partial charge < -0.3 is 9.47 Å². The lowest BCUT2D eigenvalue weighted by molar-refractivity contribution is -0.135. The molecule has 0 spiro atoms. The predicted octanol–water partition coefficient (Wildman–Crippen LogP) is 7.60. The van der Waals surface area contributed by atoms with Gasteiger partial charge in [-0.15, -0.1) is 0 Å².